The molecule has 6 nitrogen and oxygen atoms in total. The molecule has 1 aliphatic heterocycles. The van der Waals surface area contributed by atoms with Crippen molar-refractivity contribution in [3.8, 4) is 0 Å². The summed E-state index contributed by atoms with van der Waals surface area (Å²) in [4.78, 5) is 3.20. The number of hydrogen-bond donors (Lipinski definition) is 0. The highest BCUT2D eigenvalue weighted by atomic mass is 32.2. The summed E-state index contributed by atoms with van der Waals surface area (Å²) in [5.41, 5.74) is 9.74. The van der Waals surface area contributed by atoms with Crippen LogP contribution in [-0.2, 0) is 10.0 Å². The van der Waals surface area contributed by atoms with Gasteiger partial charge in [-0.2, -0.15) is 4.31 Å². The third-order valence-corrected chi connectivity index (χ3v) is 6.71. The Morgan fingerprint density at radius 1 is 1.32 bits per heavy atom. The monoisotopic (exact) mass is 320 g/mol. The first kappa shape index (κ1) is 15.3. The number of azide groups is 1. The van der Waals surface area contributed by atoms with E-state index in [1.807, 2.05) is 6.92 Å². The molecule has 2 aliphatic rings. The second-order valence-electron chi connectivity index (χ2n) is 6.53. The highest BCUT2D eigenvalue weighted by molar-refractivity contribution is 7.89. The van der Waals surface area contributed by atoms with Crippen LogP contribution in [0.3, 0.4) is 0 Å². The zero-order valence-electron chi connectivity index (χ0n) is 12.6. The van der Waals surface area contributed by atoms with E-state index >= 15 is 0 Å². The maximum Gasteiger partial charge on any atom is 0.243 e. The van der Waals surface area contributed by atoms with Gasteiger partial charge < -0.3 is 0 Å². The van der Waals surface area contributed by atoms with E-state index in [0.29, 0.717) is 11.4 Å². The van der Waals surface area contributed by atoms with E-state index in [9.17, 15) is 8.42 Å². The summed E-state index contributed by atoms with van der Waals surface area (Å²) in [6.07, 6.45) is 3.97. The van der Waals surface area contributed by atoms with Crippen LogP contribution in [0.5, 0.6) is 0 Å². The Morgan fingerprint density at radius 3 is 2.55 bits per heavy atom. The average Bonchev–Trinajstić information content (AvgIpc) is 2.46. The van der Waals surface area contributed by atoms with Crippen molar-refractivity contribution in [3.63, 3.8) is 0 Å². The molecule has 0 unspecified atom stereocenters. The second kappa shape index (κ2) is 5.57. The Kier molecular flexibility index (Phi) is 3.89. The fourth-order valence-electron chi connectivity index (χ4n) is 3.53. The first-order chi connectivity index (χ1) is 10.5. The van der Waals surface area contributed by atoms with Gasteiger partial charge in [0.15, 0.2) is 0 Å². The predicted molar refractivity (Wildman–Crippen MR) is 83.8 cm³/mol. The first-order valence-electron chi connectivity index (χ1n) is 7.56. The Bertz CT molecular complexity index is 704. The van der Waals surface area contributed by atoms with Gasteiger partial charge in [0.25, 0.3) is 0 Å². The van der Waals surface area contributed by atoms with Crippen molar-refractivity contribution in [2.75, 3.05) is 13.1 Å². The SMILES string of the molecule is Cc1ccc(S(=O)(=O)N2C[C@H](N=[N+]=[N-])CC3(CCC3)C2)cc1. The van der Waals surface area contributed by atoms with Crippen LogP contribution in [0.4, 0.5) is 0 Å². The fourth-order valence-corrected chi connectivity index (χ4v) is 5.12. The lowest BCUT2D eigenvalue weighted by atomic mass is 9.64. The molecule has 3 rings (SSSR count). The van der Waals surface area contributed by atoms with E-state index in [1.54, 1.807) is 24.3 Å². The minimum atomic E-state index is -3.53. The lowest BCUT2D eigenvalue weighted by Gasteiger charge is -2.50. The zero-order chi connectivity index (χ0) is 15.8. The first-order valence-corrected chi connectivity index (χ1v) is 9.00. The highest BCUT2D eigenvalue weighted by Crippen LogP contribution is 2.48. The molecule has 1 heterocycles. The van der Waals surface area contributed by atoms with Crippen molar-refractivity contribution in [2.24, 2.45) is 10.5 Å². The van der Waals surface area contributed by atoms with E-state index in [1.165, 1.54) is 4.31 Å². The minimum absolute atomic E-state index is 0.00880. The van der Waals surface area contributed by atoms with E-state index in [2.05, 4.69) is 10.0 Å². The van der Waals surface area contributed by atoms with Crippen molar-refractivity contribution in [1.29, 1.82) is 0 Å². The van der Waals surface area contributed by atoms with Crippen molar-refractivity contribution in [3.05, 3.63) is 40.3 Å². The number of sulfonamides is 1. The molecule has 1 aliphatic carbocycles. The summed E-state index contributed by atoms with van der Waals surface area (Å²) < 4.78 is 27.2. The van der Waals surface area contributed by atoms with Crippen LogP contribution in [0, 0.1) is 12.3 Å². The minimum Gasteiger partial charge on any atom is -0.207 e. The second-order valence-corrected chi connectivity index (χ2v) is 8.46. The van der Waals surface area contributed by atoms with Gasteiger partial charge in [-0.05, 0) is 49.3 Å². The van der Waals surface area contributed by atoms with Crippen molar-refractivity contribution in [1.82, 2.24) is 4.31 Å². The standard InChI is InChI=1S/C15H20N4O2S/c1-12-3-5-14(6-4-12)22(20,21)19-10-13(17-18-16)9-15(11-19)7-2-8-15/h3-6,13H,2,7-11H2,1H3/t13-/m1/s1. The van der Waals surface area contributed by atoms with Gasteiger partial charge >= 0.3 is 0 Å². The lowest BCUT2D eigenvalue weighted by molar-refractivity contribution is 0.0454. The van der Waals surface area contributed by atoms with Gasteiger partial charge in [-0.25, -0.2) is 8.42 Å². The number of piperidine rings is 1. The molecule has 0 bridgehead atoms. The Morgan fingerprint density at radius 2 is 2.00 bits per heavy atom. The van der Waals surface area contributed by atoms with Crippen LogP contribution in [-0.4, -0.2) is 31.9 Å². The number of aryl methyl sites for hydroxylation is 1. The molecule has 22 heavy (non-hydrogen) atoms. The fraction of sp³-hybridized carbons (Fsp3) is 0.600. The zero-order valence-corrected chi connectivity index (χ0v) is 13.5. The van der Waals surface area contributed by atoms with Gasteiger partial charge in [0.2, 0.25) is 10.0 Å². The molecule has 0 N–H and O–H groups in total. The molecule has 7 heteroatoms. The molecule has 1 spiro atoms. The smallest absolute Gasteiger partial charge is 0.207 e. The van der Waals surface area contributed by atoms with Crippen molar-refractivity contribution < 1.29 is 8.42 Å². The molecule has 1 saturated carbocycles. The van der Waals surface area contributed by atoms with E-state index in [-0.39, 0.29) is 18.0 Å². The molecular weight excluding hydrogens is 300 g/mol. The molecule has 1 aromatic carbocycles. The van der Waals surface area contributed by atoms with Crippen LogP contribution in [0.15, 0.2) is 34.3 Å². The Labute approximate surface area is 130 Å². The average molecular weight is 320 g/mol. The summed E-state index contributed by atoms with van der Waals surface area (Å²) in [5.74, 6) is 0. The summed E-state index contributed by atoms with van der Waals surface area (Å²) in [5, 5.41) is 3.81. The Hall–Kier alpha value is -1.56. The van der Waals surface area contributed by atoms with Crippen LogP contribution in [0.2, 0.25) is 0 Å². The van der Waals surface area contributed by atoms with Crippen LogP contribution >= 0.6 is 0 Å². The molecule has 118 valence electrons. The number of nitrogens with zero attached hydrogens (tertiary/aromatic N) is 4. The number of hydrogen-bond acceptors (Lipinski definition) is 3. The van der Waals surface area contributed by atoms with Crippen molar-refractivity contribution >= 4 is 10.0 Å². The highest BCUT2D eigenvalue weighted by Gasteiger charge is 2.46. The van der Waals surface area contributed by atoms with Crippen LogP contribution in [0.1, 0.15) is 31.2 Å². The van der Waals surface area contributed by atoms with Crippen LogP contribution < -0.4 is 0 Å². The largest absolute Gasteiger partial charge is 0.243 e. The summed E-state index contributed by atoms with van der Waals surface area (Å²) in [6, 6.07) is 6.64. The number of rotatable bonds is 3. The quantitative estimate of drug-likeness (QED) is 0.486. The van der Waals surface area contributed by atoms with Gasteiger partial charge in [0.05, 0.1) is 10.9 Å². The van der Waals surface area contributed by atoms with Crippen LogP contribution in [0.25, 0.3) is 10.4 Å². The lowest BCUT2D eigenvalue weighted by Crippen LogP contribution is -2.53. The topological polar surface area (TPSA) is 86.1 Å². The van der Waals surface area contributed by atoms with Gasteiger partial charge in [0, 0.05) is 18.0 Å². The van der Waals surface area contributed by atoms with Gasteiger partial charge in [-0.3, -0.25) is 0 Å². The number of benzene rings is 1. The van der Waals surface area contributed by atoms with Gasteiger partial charge in [-0.15, -0.1) is 0 Å². The summed E-state index contributed by atoms with van der Waals surface area (Å²) >= 11 is 0. The molecule has 0 amide bonds. The molecule has 1 saturated heterocycles. The molecule has 1 atom stereocenters. The van der Waals surface area contributed by atoms with Gasteiger partial charge in [0.1, 0.15) is 0 Å². The molecule has 1 aromatic rings. The molecular formula is C15H20N4O2S. The predicted octanol–water partition coefficient (Wildman–Crippen LogP) is 3.24. The third-order valence-electron chi connectivity index (χ3n) is 4.88. The molecule has 0 aromatic heterocycles. The summed E-state index contributed by atoms with van der Waals surface area (Å²) in [6.45, 7) is 2.75. The molecule has 0 radical (unpaired) electrons. The summed E-state index contributed by atoms with van der Waals surface area (Å²) in [7, 11) is -3.53. The normalized spacial score (nSPS) is 24.5. The van der Waals surface area contributed by atoms with E-state index in [0.717, 1.165) is 31.2 Å². The molecule has 2 fully saturated rings. The van der Waals surface area contributed by atoms with E-state index in [4.69, 9.17) is 5.53 Å². The van der Waals surface area contributed by atoms with E-state index < -0.39 is 10.0 Å². The third kappa shape index (κ3) is 2.72. The van der Waals surface area contributed by atoms with Crippen molar-refractivity contribution in [2.45, 2.75) is 43.5 Å². The van der Waals surface area contributed by atoms with Gasteiger partial charge in [-0.1, -0.05) is 29.2 Å². The Balaban J connectivity index is 1.91. The maximum absolute atomic E-state index is 12.9. The maximum atomic E-state index is 12.9.